The quantitative estimate of drug-likeness (QED) is 0.181. The van der Waals surface area contributed by atoms with Gasteiger partial charge in [0, 0.05) is 33.5 Å². The molecule has 3 heteroatoms. The molecule has 2 nitrogen and oxygen atoms in total. The van der Waals surface area contributed by atoms with Gasteiger partial charge >= 0.3 is 0 Å². The number of hydrogen-bond donors (Lipinski definition) is 0. The summed E-state index contributed by atoms with van der Waals surface area (Å²) in [6.45, 7) is 0. The van der Waals surface area contributed by atoms with Crippen LogP contribution in [0.2, 0.25) is 0 Å². The molecule has 2 aliphatic carbocycles. The van der Waals surface area contributed by atoms with Gasteiger partial charge < -0.3 is 9.47 Å². The second-order valence-corrected chi connectivity index (χ2v) is 13.8. The van der Waals surface area contributed by atoms with E-state index in [1.807, 2.05) is 12.1 Å². The maximum atomic E-state index is 14.0. The Morgan fingerprint density at radius 1 is 0.385 bits per heavy atom. The number of hydrogen-bond acceptors (Lipinski definition) is 1. The third-order valence-electron chi connectivity index (χ3n) is 11.3. The van der Waals surface area contributed by atoms with E-state index in [1.54, 1.807) is 0 Å². The Hall–Kier alpha value is -6.71. The first kappa shape index (κ1) is 29.1. The average Bonchev–Trinajstić information content (AvgIpc) is 3.80. The molecule has 2 aliphatic rings. The summed E-state index contributed by atoms with van der Waals surface area (Å²) in [6, 6.07) is 66.5. The summed E-state index contributed by atoms with van der Waals surface area (Å²) >= 11 is 0. The number of benzene rings is 8. The van der Waals surface area contributed by atoms with Crippen molar-refractivity contribution in [3.05, 3.63) is 216 Å². The fourth-order valence-electron chi connectivity index (χ4n) is 9.21. The monoisotopic (exact) mass is 666 g/mol. The summed E-state index contributed by atoms with van der Waals surface area (Å²) in [5, 5.41) is 2.29. The predicted molar refractivity (Wildman–Crippen MR) is 212 cm³/mol. The second kappa shape index (κ2) is 10.9. The van der Waals surface area contributed by atoms with E-state index in [2.05, 4.69) is 173 Å². The van der Waals surface area contributed by atoms with Crippen LogP contribution >= 0.6 is 0 Å². The van der Waals surface area contributed by atoms with Crippen LogP contribution in [-0.4, -0.2) is 4.57 Å². The molecule has 0 N–H and O–H groups in total. The molecule has 1 spiro atoms. The Kier molecular flexibility index (Phi) is 6.09. The van der Waals surface area contributed by atoms with Gasteiger partial charge in [-0.2, -0.15) is 0 Å². The van der Waals surface area contributed by atoms with E-state index < -0.39 is 5.41 Å². The van der Waals surface area contributed by atoms with Crippen LogP contribution in [0.3, 0.4) is 0 Å². The molecule has 9 aromatic rings. The van der Waals surface area contributed by atoms with E-state index in [0.717, 1.165) is 44.6 Å². The van der Waals surface area contributed by atoms with Gasteiger partial charge in [0.05, 0.1) is 16.4 Å². The Morgan fingerprint density at radius 2 is 0.904 bits per heavy atom. The Labute approximate surface area is 301 Å². The van der Waals surface area contributed by atoms with Crippen LogP contribution in [0.15, 0.2) is 188 Å². The number of halogens is 1. The fourth-order valence-corrected chi connectivity index (χ4v) is 9.21. The van der Waals surface area contributed by atoms with Crippen molar-refractivity contribution in [3.63, 3.8) is 0 Å². The number of para-hydroxylation sites is 2. The summed E-state index contributed by atoms with van der Waals surface area (Å²) < 4.78 is 16.2. The third-order valence-corrected chi connectivity index (χ3v) is 11.3. The van der Waals surface area contributed by atoms with Crippen LogP contribution in [0.4, 0.5) is 21.5 Å². The summed E-state index contributed by atoms with van der Waals surface area (Å²) in [7, 11) is 0. The van der Waals surface area contributed by atoms with E-state index in [4.69, 9.17) is 0 Å². The first-order valence-corrected chi connectivity index (χ1v) is 17.8. The van der Waals surface area contributed by atoms with Gasteiger partial charge in [-0.3, -0.25) is 0 Å². The van der Waals surface area contributed by atoms with Crippen LogP contribution in [-0.2, 0) is 5.41 Å². The molecule has 0 saturated heterocycles. The highest BCUT2D eigenvalue weighted by Gasteiger charge is 2.51. The van der Waals surface area contributed by atoms with E-state index in [1.165, 1.54) is 56.6 Å². The minimum absolute atomic E-state index is 0.242. The maximum absolute atomic E-state index is 14.0. The highest BCUT2D eigenvalue weighted by Crippen LogP contribution is 2.63. The van der Waals surface area contributed by atoms with Crippen molar-refractivity contribution >= 4 is 38.9 Å². The van der Waals surface area contributed by atoms with Crippen molar-refractivity contribution in [2.75, 3.05) is 4.90 Å². The largest absolute Gasteiger partial charge is 0.310 e. The molecule has 0 aliphatic heterocycles. The van der Waals surface area contributed by atoms with Crippen LogP contribution in [0.25, 0.3) is 49.7 Å². The van der Waals surface area contributed by atoms with Gasteiger partial charge in [0.25, 0.3) is 0 Å². The molecule has 0 atom stereocenters. The zero-order chi connectivity index (χ0) is 34.4. The molecule has 1 heterocycles. The van der Waals surface area contributed by atoms with Crippen LogP contribution < -0.4 is 4.90 Å². The van der Waals surface area contributed by atoms with E-state index in [0.29, 0.717) is 0 Å². The standard InChI is InChI=1S/C49H31FN2/c50-32-22-24-34(25-23-32)52-47-21-11-7-17-41(47)42-30-35(27-29-48(42)52)51(33-12-2-1-3-13-33)36-26-28-40-39-16-6-10-20-45(39)49(46(40)31-36)43-18-8-4-14-37(43)38-15-5-9-19-44(38)49/h1-31H. The normalized spacial score (nSPS) is 13.2. The summed E-state index contributed by atoms with van der Waals surface area (Å²) in [4.78, 5) is 2.38. The minimum atomic E-state index is -0.427. The van der Waals surface area contributed by atoms with Crippen molar-refractivity contribution in [2.45, 2.75) is 5.41 Å². The molecule has 0 saturated carbocycles. The predicted octanol–water partition coefficient (Wildman–Crippen LogP) is 12.7. The van der Waals surface area contributed by atoms with Gasteiger partial charge in [0.15, 0.2) is 0 Å². The molecule has 52 heavy (non-hydrogen) atoms. The summed E-state index contributed by atoms with van der Waals surface area (Å²) in [5.41, 5.74) is 16.4. The highest BCUT2D eigenvalue weighted by molar-refractivity contribution is 6.10. The van der Waals surface area contributed by atoms with Crippen LogP contribution in [0, 0.1) is 5.82 Å². The lowest BCUT2D eigenvalue weighted by Crippen LogP contribution is -2.26. The van der Waals surface area contributed by atoms with Crippen molar-refractivity contribution in [1.29, 1.82) is 0 Å². The lowest BCUT2D eigenvalue weighted by molar-refractivity contribution is 0.627. The van der Waals surface area contributed by atoms with Crippen molar-refractivity contribution in [2.24, 2.45) is 0 Å². The smallest absolute Gasteiger partial charge is 0.123 e. The highest BCUT2D eigenvalue weighted by atomic mass is 19.1. The number of anilines is 3. The number of nitrogens with zero attached hydrogens (tertiary/aromatic N) is 2. The van der Waals surface area contributed by atoms with Crippen molar-refractivity contribution < 1.29 is 4.39 Å². The number of aromatic nitrogens is 1. The molecule has 0 amide bonds. The third kappa shape index (κ3) is 3.88. The molecular formula is C49H31FN2. The SMILES string of the molecule is Fc1ccc(-n2c3ccccc3c3cc(N(c4ccccc4)c4ccc5c(c4)C4(c6ccccc6-c6ccccc64)c4ccccc4-5)ccc32)cc1. The first-order valence-electron chi connectivity index (χ1n) is 17.8. The van der Waals surface area contributed by atoms with Gasteiger partial charge in [-0.1, -0.05) is 115 Å². The Bertz CT molecular complexity index is 2800. The fraction of sp³-hybridized carbons (Fsp3) is 0.0204. The van der Waals surface area contributed by atoms with E-state index >= 15 is 0 Å². The zero-order valence-corrected chi connectivity index (χ0v) is 28.2. The van der Waals surface area contributed by atoms with Gasteiger partial charge in [0.1, 0.15) is 5.82 Å². The lowest BCUT2D eigenvalue weighted by Gasteiger charge is -2.32. The van der Waals surface area contributed by atoms with Gasteiger partial charge in [-0.05, 0) is 117 Å². The van der Waals surface area contributed by atoms with Gasteiger partial charge in [-0.15, -0.1) is 0 Å². The maximum Gasteiger partial charge on any atom is 0.123 e. The molecule has 0 unspecified atom stereocenters. The van der Waals surface area contributed by atoms with E-state index in [9.17, 15) is 4.39 Å². The molecule has 11 rings (SSSR count). The molecule has 0 bridgehead atoms. The Morgan fingerprint density at radius 3 is 1.58 bits per heavy atom. The van der Waals surface area contributed by atoms with Crippen molar-refractivity contribution in [3.8, 4) is 27.9 Å². The lowest BCUT2D eigenvalue weighted by atomic mass is 9.70. The molecule has 1 aromatic heterocycles. The minimum Gasteiger partial charge on any atom is -0.310 e. The van der Waals surface area contributed by atoms with Crippen molar-refractivity contribution in [1.82, 2.24) is 4.57 Å². The molecule has 0 radical (unpaired) electrons. The summed E-state index contributed by atoms with van der Waals surface area (Å²) in [5.74, 6) is -0.242. The second-order valence-electron chi connectivity index (χ2n) is 13.8. The summed E-state index contributed by atoms with van der Waals surface area (Å²) in [6.07, 6.45) is 0. The van der Waals surface area contributed by atoms with E-state index in [-0.39, 0.29) is 5.82 Å². The number of rotatable bonds is 4. The molecule has 8 aromatic carbocycles. The number of fused-ring (bicyclic) bond motifs is 13. The average molecular weight is 667 g/mol. The topological polar surface area (TPSA) is 8.17 Å². The van der Waals surface area contributed by atoms with Crippen LogP contribution in [0.1, 0.15) is 22.3 Å². The molecule has 0 fully saturated rings. The van der Waals surface area contributed by atoms with Gasteiger partial charge in [-0.25, -0.2) is 4.39 Å². The Balaban J connectivity index is 1.17. The molecular weight excluding hydrogens is 636 g/mol. The van der Waals surface area contributed by atoms with Gasteiger partial charge in [0.2, 0.25) is 0 Å². The zero-order valence-electron chi connectivity index (χ0n) is 28.2. The first-order chi connectivity index (χ1) is 25.7. The molecule has 244 valence electrons. The van der Waals surface area contributed by atoms with Crippen LogP contribution in [0.5, 0.6) is 0 Å².